The average Bonchev–Trinajstić information content (AvgIpc) is 3.27. The van der Waals surface area contributed by atoms with Crippen LogP contribution >= 0.6 is 23.1 Å². The van der Waals surface area contributed by atoms with Gasteiger partial charge in [0.25, 0.3) is 11.8 Å². The fourth-order valence-corrected chi connectivity index (χ4v) is 4.57. The van der Waals surface area contributed by atoms with Crippen LogP contribution in [0.1, 0.15) is 31.9 Å². The van der Waals surface area contributed by atoms with E-state index in [1.54, 1.807) is 23.9 Å². The Morgan fingerprint density at radius 2 is 1.71 bits per heavy atom. The number of aryl methyl sites for hydroxylation is 2. The van der Waals surface area contributed by atoms with Crippen LogP contribution in [-0.2, 0) is 10.5 Å². The van der Waals surface area contributed by atoms with Crippen molar-refractivity contribution in [1.82, 2.24) is 10.6 Å². The standard InChI is InChI=1S/C25H26N2O2S2/c1-18-8-3-5-10-20(18)17-30-15-13-26-25(29)23(16-21-11-7-14-31-21)27-24(28)22-12-6-4-9-19(22)2/h3-12,14,16H,13,15,17H2,1-2H3,(H,26,29)(H,27,28)/b23-16-. The molecule has 0 spiro atoms. The molecule has 31 heavy (non-hydrogen) atoms. The van der Waals surface area contributed by atoms with Gasteiger partial charge in [-0.25, -0.2) is 0 Å². The molecule has 160 valence electrons. The minimum atomic E-state index is -0.287. The van der Waals surface area contributed by atoms with Crippen LogP contribution in [-0.4, -0.2) is 24.1 Å². The number of carbonyl (C=O) groups excluding carboxylic acids is 2. The predicted octanol–water partition coefficient (Wildman–Crippen LogP) is 5.19. The maximum absolute atomic E-state index is 12.8. The molecule has 0 saturated carbocycles. The molecule has 0 aliphatic carbocycles. The van der Waals surface area contributed by atoms with Gasteiger partial charge in [0.1, 0.15) is 5.70 Å². The lowest BCUT2D eigenvalue weighted by Gasteiger charge is -2.12. The molecule has 2 N–H and O–H groups in total. The molecule has 0 aliphatic rings. The Balaban J connectivity index is 1.59. The number of hydrogen-bond donors (Lipinski definition) is 2. The third-order valence-electron chi connectivity index (χ3n) is 4.76. The maximum atomic E-state index is 12.8. The van der Waals surface area contributed by atoms with E-state index < -0.39 is 0 Å². The summed E-state index contributed by atoms with van der Waals surface area (Å²) in [6.45, 7) is 4.51. The van der Waals surface area contributed by atoms with Gasteiger partial charge in [0.2, 0.25) is 0 Å². The molecule has 2 amide bonds. The van der Waals surface area contributed by atoms with Gasteiger partial charge in [-0.05, 0) is 54.1 Å². The molecular weight excluding hydrogens is 424 g/mol. The van der Waals surface area contributed by atoms with Gasteiger partial charge in [0, 0.05) is 28.5 Å². The quantitative estimate of drug-likeness (QED) is 0.349. The fraction of sp³-hybridized carbons (Fsp3) is 0.200. The Morgan fingerprint density at radius 1 is 0.968 bits per heavy atom. The van der Waals surface area contributed by atoms with Crippen LogP contribution in [0.15, 0.2) is 71.7 Å². The van der Waals surface area contributed by atoms with Gasteiger partial charge in [-0.1, -0.05) is 48.5 Å². The zero-order valence-electron chi connectivity index (χ0n) is 17.7. The van der Waals surface area contributed by atoms with Crippen molar-refractivity contribution in [2.45, 2.75) is 19.6 Å². The van der Waals surface area contributed by atoms with Crippen LogP contribution < -0.4 is 10.6 Å². The number of nitrogens with one attached hydrogen (secondary N) is 2. The summed E-state index contributed by atoms with van der Waals surface area (Å²) < 4.78 is 0. The number of hydrogen-bond acceptors (Lipinski definition) is 4. The molecule has 2 aromatic carbocycles. The zero-order valence-corrected chi connectivity index (χ0v) is 19.3. The molecule has 0 unspecified atom stereocenters. The van der Waals surface area contributed by atoms with E-state index in [4.69, 9.17) is 0 Å². The summed E-state index contributed by atoms with van der Waals surface area (Å²) in [6.07, 6.45) is 1.72. The average molecular weight is 451 g/mol. The number of rotatable bonds is 9. The third-order valence-corrected chi connectivity index (χ3v) is 6.59. The highest BCUT2D eigenvalue weighted by molar-refractivity contribution is 7.98. The Bertz CT molecular complexity index is 1060. The molecule has 3 rings (SSSR count). The number of amides is 2. The first-order chi connectivity index (χ1) is 15.0. The van der Waals surface area contributed by atoms with Gasteiger partial charge >= 0.3 is 0 Å². The molecule has 0 aliphatic heterocycles. The van der Waals surface area contributed by atoms with Crippen molar-refractivity contribution in [2.24, 2.45) is 0 Å². The summed E-state index contributed by atoms with van der Waals surface area (Å²) in [5.41, 5.74) is 4.26. The van der Waals surface area contributed by atoms with E-state index in [2.05, 4.69) is 29.7 Å². The van der Waals surface area contributed by atoms with Crippen molar-refractivity contribution in [3.8, 4) is 0 Å². The second-order valence-electron chi connectivity index (χ2n) is 7.08. The summed E-state index contributed by atoms with van der Waals surface area (Å²) >= 11 is 3.29. The minimum absolute atomic E-state index is 0.250. The number of carbonyl (C=O) groups is 2. The van der Waals surface area contributed by atoms with Crippen molar-refractivity contribution in [2.75, 3.05) is 12.3 Å². The number of thiophene rings is 1. The SMILES string of the molecule is Cc1ccccc1CSCCNC(=O)/C(=C/c1cccs1)NC(=O)c1ccccc1C. The number of benzene rings is 2. The highest BCUT2D eigenvalue weighted by Crippen LogP contribution is 2.16. The van der Waals surface area contributed by atoms with E-state index in [0.717, 1.165) is 21.9 Å². The van der Waals surface area contributed by atoms with Crippen molar-refractivity contribution < 1.29 is 9.59 Å². The zero-order chi connectivity index (χ0) is 22.1. The van der Waals surface area contributed by atoms with E-state index in [9.17, 15) is 9.59 Å². The van der Waals surface area contributed by atoms with Crippen LogP contribution in [0, 0.1) is 13.8 Å². The topological polar surface area (TPSA) is 58.2 Å². The lowest BCUT2D eigenvalue weighted by molar-refractivity contribution is -0.117. The minimum Gasteiger partial charge on any atom is -0.350 e. The summed E-state index contributed by atoms with van der Waals surface area (Å²) in [4.78, 5) is 26.5. The molecule has 4 nitrogen and oxygen atoms in total. The molecular formula is C25H26N2O2S2. The largest absolute Gasteiger partial charge is 0.350 e. The summed E-state index contributed by atoms with van der Waals surface area (Å²) in [6, 6.07) is 19.5. The van der Waals surface area contributed by atoms with Crippen LogP contribution in [0.2, 0.25) is 0 Å². The summed E-state index contributed by atoms with van der Waals surface area (Å²) in [5, 5.41) is 7.66. The Labute approximate surface area is 191 Å². The van der Waals surface area contributed by atoms with Crippen molar-refractivity contribution >= 4 is 41.0 Å². The second-order valence-corrected chi connectivity index (χ2v) is 9.16. The monoisotopic (exact) mass is 450 g/mol. The van der Waals surface area contributed by atoms with Gasteiger partial charge in [-0.3, -0.25) is 9.59 Å². The first-order valence-corrected chi connectivity index (χ1v) is 12.1. The normalized spacial score (nSPS) is 11.2. The number of thioether (sulfide) groups is 1. The van der Waals surface area contributed by atoms with Crippen molar-refractivity contribution in [1.29, 1.82) is 0 Å². The molecule has 1 aromatic heterocycles. The highest BCUT2D eigenvalue weighted by Gasteiger charge is 2.16. The summed E-state index contributed by atoms with van der Waals surface area (Å²) in [5.74, 6) is 1.12. The Kier molecular flexibility index (Phi) is 8.50. The van der Waals surface area contributed by atoms with Gasteiger partial charge in [-0.15, -0.1) is 11.3 Å². The van der Waals surface area contributed by atoms with E-state index in [0.29, 0.717) is 12.1 Å². The van der Waals surface area contributed by atoms with Crippen LogP contribution in [0.5, 0.6) is 0 Å². The van der Waals surface area contributed by atoms with Crippen molar-refractivity contribution in [3.05, 3.63) is 98.9 Å². The van der Waals surface area contributed by atoms with E-state index in [1.165, 1.54) is 22.5 Å². The van der Waals surface area contributed by atoms with Gasteiger partial charge in [0.05, 0.1) is 0 Å². The molecule has 0 atom stereocenters. The lowest BCUT2D eigenvalue weighted by atomic mass is 10.1. The highest BCUT2D eigenvalue weighted by atomic mass is 32.2. The molecule has 1 heterocycles. The fourth-order valence-electron chi connectivity index (χ4n) is 2.98. The third kappa shape index (κ3) is 6.84. The molecule has 6 heteroatoms. The maximum Gasteiger partial charge on any atom is 0.267 e. The second kappa shape index (κ2) is 11.5. The molecule has 0 radical (unpaired) electrons. The Morgan fingerprint density at radius 3 is 2.42 bits per heavy atom. The summed E-state index contributed by atoms with van der Waals surface area (Å²) in [7, 11) is 0. The van der Waals surface area contributed by atoms with E-state index in [1.807, 2.05) is 54.8 Å². The first kappa shape index (κ1) is 22.8. The van der Waals surface area contributed by atoms with Crippen LogP contribution in [0.25, 0.3) is 6.08 Å². The molecule has 0 saturated heterocycles. The van der Waals surface area contributed by atoms with Gasteiger partial charge < -0.3 is 10.6 Å². The van der Waals surface area contributed by atoms with Crippen LogP contribution in [0.3, 0.4) is 0 Å². The van der Waals surface area contributed by atoms with E-state index in [-0.39, 0.29) is 17.5 Å². The predicted molar refractivity (Wildman–Crippen MR) is 131 cm³/mol. The van der Waals surface area contributed by atoms with Crippen LogP contribution in [0.4, 0.5) is 0 Å². The van der Waals surface area contributed by atoms with Crippen molar-refractivity contribution in [3.63, 3.8) is 0 Å². The van der Waals surface area contributed by atoms with Gasteiger partial charge in [-0.2, -0.15) is 11.8 Å². The Hall–Kier alpha value is -2.83. The first-order valence-electron chi connectivity index (χ1n) is 10.1. The molecule has 3 aromatic rings. The molecule has 0 bridgehead atoms. The van der Waals surface area contributed by atoms with Gasteiger partial charge in [0.15, 0.2) is 0 Å². The smallest absolute Gasteiger partial charge is 0.267 e. The molecule has 0 fully saturated rings. The lowest BCUT2D eigenvalue weighted by Crippen LogP contribution is -2.36. The van der Waals surface area contributed by atoms with E-state index >= 15 is 0 Å².